The molecule has 10 N–H and O–H groups in total. The fourth-order valence-corrected chi connectivity index (χ4v) is 4.60. The number of phenols is 1. The Morgan fingerprint density at radius 3 is 2.16 bits per heavy atom. The number of hydrogen-bond donors (Lipinski definition) is 8. The van der Waals surface area contributed by atoms with Crippen molar-refractivity contribution in [3.63, 3.8) is 0 Å². The van der Waals surface area contributed by atoms with Gasteiger partial charge in [0.15, 0.2) is 0 Å². The van der Waals surface area contributed by atoms with Gasteiger partial charge in [0.2, 0.25) is 23.6 Å². The highest BCUT2D eigenvalue weighted by molar-refractivity contribution is 5.96. The SMILES string of the molecule is CCC(C)C(NC(=O)C(CC(N)=O)NC(=O)C(N)Cc1c[nH]c2ccccc12)C(=O)NC(Cc1ccc(O)cc1)C(=O)O. The normalized spacial score (nSPS) is 14.6. The maximum atomic E-state index is 13.3. The highest BCUT2D eigenvalue weighted by Crippen LogP contribution is 2.19. The number of amides is 4. The molecule has 0 aliphatic rings. The zero-order chi connectivity index (χ0) is 31.7. The molecule has 2 aromatic carbocycles. The zero-order valence-electron chi connectivity index (χ0n) is 24.0. The topological polar surface area (TPSA) is 230 Å². The predicted octanol–water partition coefficient (Wildman–Crippen LogP) is 0.447. The summed E-state index contributed by atoms with van der Waals surface area (Å²) in [6, 6.07) is 8.35. The first-order chi connectivity index (χ1) is 20.4. The first kappa shape index (κ1) is 32.6. The van der Waals surface area contributed by atoms with E-state index in [1.165, 1.54) is 24.3 Å². The number of aliphatic carboxylic acids is 1. The molecule has 13 heteroatoms. The van der Waals surface area contributed by atoms with Crippen molar-refractivity contribution in [1.82, 2.24) is 20.9 Å². The predicted molar refractivity (Wildman–Crippen MR) is 158 cm³/mol. The van der Waals surface area contributed by atoms with Crippen molar-refractivity contribution in [3.05, 3.63) is 65.9 Å². The van der Waals surface area contributed by atoms with Crippen molar-refractivity contribution in [1.29, 1.82) is 0 Å². The molecule has 0 spiro atoms. The number of para-hydroxylation sites is 1. The van der Waals surface area contributed by atoms with Crippen LogP contribution in [0.15, 0.2) is 54.7 Å². The second-order valence-corrected chi connectivity index (χ2v) is 10.5. The Balaban J connectivity index is 1.71. The number of carbonyl (C=O) groups excluding carboxylic acids is 4. The van der Waals surface area contributed by atoms with Gasteiger partial charge in [0, 0.05) is 23.5 Å². The molecule has 0 bridgehead atoms. The first-order valence-corrected chi connectivity index (χ1v) is 13.9. The third kappa shape index (κ3) is 9.04. The molecule has 230 valence electrons. The van der Waals surface area contributed by atoms with Crippen molar-refractivity contribution in [2.75, 3.05) is 0 Å². The Kier molecular flexibility index (Phi) is 11.2. The van der Waals surface area contributed by atoms with Crippen LogP contribution in [0.3, 0.4) is 0 Å². The minimum Gasteiger partial charge on any atom is -0.508 e. The molecule has 5 unspecified atom stereocenters. The molecule has 1 heterocycles. The molecule has 0 radical (unpaired) electrons. The Hall–Kier alpha value is -4.91. The number of nitrogens with two attached hydrogens (primary N) is 2. The Morgan fingerprint density at radius 2 is 1.53 bits per heavy atom. The summed E-state index contributed by atoms with van der Waals surface area (Å²) in [5.74, 6) is -4.90. The first-order valence-electron chi connectivity index (χ1n) is 13.9. The van der Waals surface area contributed by atoms with Crippen molar-refractivity contribution in [2.24, 2.45) is 17.4 Å². The van der Waals surface area contributed by atoms with Crippen LogP contribution in [0.4, 0.5) is 0 Å². The van der Waals surface area contributed by atoms with Gasteiger partial charge >= 0.3 is 5.97 Å². The quantitative estimate of drug-likeness (QED) is 0.123. The van der Waals surface area contributed by atoms with Crippen LogP contribution in [0, 0.1) is 5.92 Å². The fraction of sp³-hybridized carbons (Fsp3) is 0.367. The van der Waals surface area contributed by atoms with E-state index < -0.39 is 66.1 Å². The van der Waals surface area contributed by atoms with Crippen molar-refractivity contribution in [3.8, 4) is 5.75 Å². The van der Waals surface area contributed by atoms with Gasteiger partial charge in [-0.3, -0.25) is 19.2 Å². The zero-order valence-corrected chi connectivity index (χ0v) is 24.0. The summed E-state index contributed by atoms with van der Waals surface area (Å²) in [4.78, 5) is 66.4. The van der Waals surface area contributed by atoms with E-state index in [4.69, 9.17) is 11.5 Å². The minimum absolute atomic E-state index is 0.00994. The summed E-state index contributed by atoms with van der Waals surface area (Å²) in [5.41, 5.74) is 13.7. The molecule has 0 saturated heterocycles. The summed E-state index contributed by atoms with van der Waals surface area (Å²) < 4.78 is 0. The lowest BCUT2D eigenvalue weighted by Gasteiger charge is -2.28. The van der Waals surface area contributed by atoms with Crippen LogP contribution in [-0.2, 0) is 36.8 Å². The van der Waals surface area contributed by atoms with Gasteiger partial charge in [-0.25, -0.2) is 4.79 Å². The number of aromatic nitrogens is 1. The molecule has 0 saturated carbocycles. The number of primary amides is 1. The van der Waals surface area contributed by atoms with Gasteiger partial charge in [0.25, 0.3) is 0 Å². The van der Waals surface area contributed by atoms with Gasteiger partial charge in [-0.1, -0.05) is 50.6 Å². The van der Waals surface area contributed by atoms with Gasteiger partial charge < -0.3 is 42.6 Å². The molecule has 3 rings (SSSR count). The highest BCUT2D eigenvalue weighted by atomic mass is 16.4. The van der Waals surface area contributed by atoms with E-state index in [0.717, 1.165) is 16.5 Å². The van der Waals surface area contributed by atoms with Gasteiger partial charge in [0.05, 0.1) is 12.5 Å². The van der Waals surface area contributed by atoms with Crippen LogP contribution >= 0.6 is 0 Å². The molecule has 1 aromatic heterocycles. The maximum Gasteiger partial charge on any atom is 0.326 e. The summed E-state index contributed by atoms with van der Waals surface area (Å²) >= 11 is 0. The Labute approximate surface area is 248 Å². The Bertz CT molecular complexity index is 1450. The van der Waals surface area contributed by atoms with E-state index in [0.29, 0.717) is 12.0 Å². The van der Waals surface area contributed by atoms with E-state index in [-0.39, 0.29) is 18.6 Å². The molecular formula is C30H38N6O7. The van der Waals surface area contributed by atoms with E-state index in [2.05, 4.69) is 20.9 Å². The number of nitrogens with one attached hydrogen (secondary N) is 4. The third-order valence-electron chi connectivity index (χ3n) is 7.27. The number of fused-ring (bicyclic) bond motifs is 1. The fourth-order valence-electron chi connectivity index (χ4n) is 4.60. The largest absolute Gasteiger partial charge is 0.508 e. The second kappa shape index (κ2) is 14.8. The van der Waals surface area contributed by atoms with Crippen molar-refractivity contribution < 1.29 is 34.2 Å². The number of hydrogen-bond acceptors (Lipinski definition) is 7. The summed E-state index contributed by atoms with van der Waals surface area (Å²) in [6.07, 6.45) is 1.71. The number of carboxylic acids is 1. The number of phenolic OH excluding ortho intramolecular Hbond substituents is 1. The maximum absolute atomic E-state index is 13.3. The number of aromatic amines is 1. The summed E-state index contributed by atoms with van der Waals surface area (Å²) in [5, 5.41) is 27.6. The molecule has 0 aliphatic heterocycles. The van der Waals surface area contributed by atoms with E-state index in [1.54, 1.807) is 20.0 Å². The van der Waals surface area contributed by atoms with Crippen molar-refractivity contribution >= 4 is 40.5 Å². The molecular weight excluding hydrogens is 556 g/mol. The van der Waals surface area contributed by atoms with Gasteiger partial charge in [-0.15, -0.1) is 0 Å². The van der Waals surface area contributed by atoms with Gasteiger partial charge in [-0.2, -0.15) is 0 Å². The number of carboxylic acid groups (broad SMARTS) is 1. The summed E-state index contributed by atoms with van der Waals surface area (Å²) in [6.45, 7) is 3.48. The smallest absolute Gasteiger partial charge is 0.326 e. The van der Waals surface area contributed by atoms with Crippen LogP contribution in [0.2, 0.25) is 0 Å². The molecule has 4 amide bonds. The second-order valence-electron chi connectivity index (χ2n) is 10.5. The molecule has 3 aromatic rings. The average Bonchev–Trinajstić information content (AvgIpc) is 3.37. The van der Waals surface area contributed by atoms with Gasteiger partial charge in [-0.05, 0) is 41.7 Å². The number of H-pyrrole nitrogens is 1. The van der Waals surface area contributed by atoms with Crippen molar-refractivity contribution in [2.45, 2.75) is 63.7 Å². The number of rotatable bonds is 15. The molecule has 43 heavy (non-hydrogen) atoms. The van der Waals surface area contributed by atoms with Crippen LogP contribution in [0.25, 0.3) is 10.9 Å². The van der Waals surface area contributed by atoms with E-state index in [9.17, 15) is 34.2 Å². The van der Waals surface area contributed by atoms with Crippen LogP contribution in [-0.4, -0.2) is 69.0 Å². The number of carbonyl (C=O) groups is 5. The van der Waals surface area contributed by atoms with Crippen LogP contribution in [0.5, 0.6) is 5.75 Å². The Morgan fingerprint density at radius 1 is 0.884 bits per heavy atom. The van der Waals surface area contributed by atoms with Gasteiger partial charge in [0.1, 0.15) is 23.9 Å². The van der Waals surface area contributed by atoms with E-state index in [1.807, 2.05) is 24.3 Å². The number of aromatic hydroxyl groups is 1. The van der Waals surface area contributed by atoms with E-state index >= 15 is 0 Å². The average molecular weight is 595 g/mol. The van der Waals surface area contributed by atoms with Crippen LogP contribution in [0.1, 0.15) is 37.8 Å². The standard InChI is InChI=1S/C30H38N6O7/c1-3-16(2)26(29(41)35-24(30(42)43)12-17-8-10-19(37)11-9-17)36-28(40)23(14-25(32)38)34-27(39)21(31)13-18-15-33-22-7-5-4-6-20(18)22/h4-11,15-16,21,23-24,26,33,37H,3,12-14,31H2,1-2H3,(H2,32,38)(H,34,39)(H,35,41)(H,36,40)(H,42,43). The molecule has 13 nitrogen and oxygen atoms in total. The lowest BCUT2D eigenvalue weighted by molar-refractivity contribution is -0.142. The lowest BCUT2D eigenvalue weighted by Crippen LogP contribution is -2.59. The molecule has 0 fully saturated rings. The lowest BCUT2D eigenvalue weighted by atomic mass is 9.96. The highest BCUT2D eigenvalue weighted by Gasteiger charge is 2.33. The summed E-state index contributed by atoms with van der Waals surface area (Å²) in [7, 11) is 0. The number of benzene rings is 2. The minimum atomic E-state index is -1.43. The third-order valence-corrected chi connectivity index (χ3v) is 7.27. The molecule has 0 aliphatic carbocycles. The molecule has 5 atom stereocenters. The monoisotopic (exact) mass is 594 g/mol. The van der Waals surface area contributed by atoms with Crippen LogP contribution < -0.4 is 27.4 Å².